The molecular weight excluding hydrogens is 300 g/mol. The van der Waals surface area contributed by atoms with Crippen LogP contribution in [0.15, 0.2) is 24.3 Å². The fraction of sp³-hybridized carbons (Fsp3) is 0.462. The van der Waals surface area contributed by atoms with E-state index >= 15 is 0 Å². The number of hydrogen-bond acceptors (Lipinski definition) is 3. The van der Waals surface area contributed by atoms with Gasteiger partial charge in [0.15, 0.2) is 0 Å². The molecule has 0 spiro atoms. The van der Waals surface area contributed by atoms with Crippen LogP contribution in [-0.4, -0.2) is 45.1 Å². The van der Waals surface area contributed by atoms with Crippen LogP contribution in [0.3, 0.4) is 0 Å². The largest absolute Gasteiger partial charge is 0.341 e. The fourth-order valence-corrected chi connectivity index (χ4v) is 2.42. The molecule has 20 heavy (non-hydrogen) atoms. The van der Waals surface area contributed by atoms with E-state index in [4.69, 9.17) is 11.6 Å². The average Bonchev–Trinajstić information content (AvgIpc) is 2.31. The van der Waals surface area contributed by atoms with Crippen molar-refractivity contribution in [3.63, 3.8) is 0 Å². The van der Waals surface area contributed by atoms with Gasteiger partial charge >= 0.3 is 0 Å². The molecule has 0 fully saturated rings. The molecule has 0 atom stereocenters. The maximum Gasteiger partial charge on any atom is 0.219 e. The first-order chi connectivity index (χ1) is 9.28. The van der Waals surface area contributed by atoms with Gasteiger partial charge in [-0.25, -0.2) is 13.1 Å². The number of nitrogens with one attached hydrogen (secondary N) is 1. The summed E-state index contributed by atoms with van der Waals surface area (Å²) in [5.74, 6) is -0.0812. The summed E-state index contributed by atoms with van der Waals surface area (Å²) in [6.45, 7) is 2.57. The highest BCUT2D eigenvalue weighted by Crippen LogP contribution is 2.11. The van der Waals surface area contributed by atoms with Crippen molar-refractivity contribution in [1.82, 2.24) is 9.62 Å². The van der Waals surface area contributed by atoms with Crippen molar-refractivity contribution in [2.75, 3.05) is 25.9 Å². The molecule has 1 rings (SSSR count). The second kappa shape index (κ2) is 7.61. The summed E-state index contributed by atoms with van der Waals surface area (Å²) in [7, 11) is -3.22. The second-order valence-corrected chi connectivity index (χ2v) is 6.82. The van der Waals surface area contributed by atoms with Crippen molar-refractivity contribution in [3.8, 4) is 0 Å². The number of rotatable bonds is 7. The highest BCUT2D eigenvalue weighted by molar-refractivity contribution is 7.88. The van der Waals surface area contributed by atoms with Crippen LogP contribution in [0.25, 0.3) is 0 Å². The number of carbonyl (C=O) groups is 1. The van der Waals surface area contributed by atoms with E-state index in [1.807, 2.05) is 18.2 Å². The first-order valence-electron chi connectivity index (χ1n) is 6.22. The molecule has 7 heteroatoms. The minimum atomic E-state index is -3.22. The lowest BCUT2D eigenvalue weighted by atomic mass is 10.1. The van der Waals surface area contributed by atoms with Crippen LogP contribution >= 0.6 is 11.6 Å². The molecule has 0 radical (unpaired) electrons. The van der Waals surface area contributed by atoms with E-state index in [9.17, 15) is 13.2 Å². The summed E-state index contributed by atoms with van der Waals surface area (Å²) in [5.41, 5.74) is 1.04. The van der Waals surface area contributed by atoms with Crippen LogP contribution in [0.5, 0.6) is 0 Å². The Kier molecular flexibility index (Phi) is 6.45. The molecular formula is C13H19ClN2O3S. The van der Waals surface area contributed by atoms with Crippen molar-refractivity contribution < 1.29 is 13.2 Å². The summed E-state index contributed by atoms with van der Waals surface area (Å²) in [5, 5.41) is 0.663. The Labute approximate surface area is 125 Å². The van der Waals surface area contributed by atoms with E-state index in [1.54, 1.807) is 11.0 Å². The fourth-order valence-electron chi connectivity index (χ4n) is 1.75. The maximum absolute atomic E-state index is 11.5. The molecule has 1 amide bonds. The van der Waals surface area contributed by atoms with Gasteiger partial charge < -0.3 is 4.90 Å². The second-order valence-electron chi connectivity index (χ2n) is 4.55. The molecule has 0 aliphatic heterocycles. The number of hydrogen-bond donors (Lipinski definition) is 1. The maximum atomic E-state index is 11.5. The van der Waals surface area contributed by atoms with Gasteiger partial charge in [-0.1, -0.05) is 23.7 Å². The molecule has 0 aliphatic carbocycles. The number of benzene rings is 1. The number of carbonyl (C=O) groups excluding carboxylic acids is 1. The molecule has 1 aromatic rings. The van der Waals surface area contributed by atoms with E-state index in [1.165, 1.54) is 6.92 Å². The highest BCUT2D eigenvalue weighted by Gasteiger charge is 2.10. The summed E-state index contributed by atoms with van der Waals surface area (Å²) in [6, 6.07) is 7.46. The molecule has 0 saturated heterocycles. The van der Waals surface area contributed by atoms with Crippen LogP contribution in [0.4, 0.5) is 0 Å². The third kappa shape index (κ3) is 6.88. The minimum Gasteiger partial charge on any atom is -0.341 e. The third-order valence-corrected chi connectivity index (χ3v) is 3.71. The lowest BCUT2D eigenvalue weighted by Gasteiger charge is -2.21. The zero-order valence-corrected chi connectivity index (χ0v) is 13.2. The topological polar surface area (TPSA) is 66.5 Å². The quantitative estimate of drug-likeness (QED) is 0.823. The number of halogens is 1. The molecule has 112 valence electrons. The summed E-state index contributed by atoms with van der Waals surface area (Å²) >= 11 is 5.90. The van der Waals surface area contributed by atoms with Gasteiger partial charge in [0.1, 0.15) is 0 Å². The average molecular weight is 319 g/mol. The van der Waals surface area contributed by atoms with E-state index in [2.05, 4.69) is 4.72 Å². The SMILES string of the molecule is CC(=O)N(CCNS(C)(=O)=O)CCc1cccc(Cl)c1. The summed E-state index contributed by atoms with van der Waals surface area (Å²) < 4.78 is 24.3. The van der Waals surface area contributed by atoms with E-state index in [-0.39, 0.29) is 12.5 Å². The molecule has 0 unspecified atom stereocenters. The van der Waals surface area contributed by atoms with Gasteiger partial charge in [-0.2, -0.15) is 0 Å². The molecule has 1 aromatic carbocycles. The third-order valence-electron chi connectivity index (χ3n) is 2.75. The monoisotopic (exact) mass is 318 g/mol. The van der Waals surface area contributed by atoms with Gasteiger partial charge in [0, 0.05) is 31.6 Å². The molecule has 5 nitrogen and oxygen atoms in total. The molecule has 0 heterocycles. The molecule has 0 aliphatic rings. The smallest absolute Gasteiger partial charge is 0.219 e. The Balaban J connectivity index is 2.49. The number of amides is 1. The zero-order chi connectivity index (χ0) is 15.2. The van der Waals surface area contributed by atoms with Gasteiger partial charge in [0.25, 0.3) is 0 Å². The first kappa shape index (κ1) is 16.9. The first-order valence-corrected chi connectivity index (χ1v) is 8.49. The van der Waals surface area contributed by atoms with Crippen LogP contribution in [0, 0.1) is 0 Å². The Bertz CT molecular complexity index is 560. The lowest BCUT2D eigenvalue weighted by Crippen LogP contribution is -2.38. The van der Waals surface area contributed by atoms with Gasteiger partial charge in [-0.05, 0) is 24.1 Å². The normalized spacial score (nSPS) is 11.3. The van der Waals surface area contributed by atoms with Crippen molar-refractivity contribution in [1.29, 1.82) is 0 Å². The Morgan fingerprint density at radius 1 is 1.35 bits per heavy atom. The Hall–Kier alpha value is -1.11. The van der Waals surface area contributed by atoms with Gasteiger partial charge in [-0.15, -0.1) is 0 Å². The van der Waals surface area contributed by atoms with Crippen molar-refractivity contribution in [2.24, 2.45) is 0 Å². The van der Waals surface area contributed by atoms with Crippen LogP contribution in [-0.2, 0) is 21.2 Å². The van der Waals surface area contributed by atoms with Crippen LogP contribution in [0.1, 0.15) is 12.5 Å². The Morgan fingerprint density at radius 2 is 2.05 bits per heavy atom. The summed E-state index contributed by atoms with van der Waals surface area (Å²) in [4.78, 5) is 13.1. The summed E-state index contributed by atoms with van der Waals surface area (Å²) in [6.07, 6.45) is 1.77. The van der Waals surface area contributed by atoms with Gasteiger partial charge in [0.05, 0.1) is 6.26 Å². The molecule has 0 saturated carbocycles. The van der Waals surface area contributed by atoms with Gasteiger partial charge in [-0.3, -0.25) is 4.79 Å². The van der Waals surface area contributed by atoms with E-state index in [0.717, 1.165) is 11.8 Å². The highest BCUT2D eigenvalue weighted by atomic mass is 35.5. The molecule has 0 aromatic heterocycles. The van der Waals surface area contributed by atoms with Crippen LogP contribution in [0.2, 0.25) is 5.02 Å². The number of sulfonamides is 1. The van der Waals surface area contributed by atoms with E-state index in [0.29, 0.717) is 24.5 Å². The van der Waals surface area contributed by atoms with Crippen molar-refractivity contribution in [2.45, 2.75) is 13.3 Å². The minimum absolute atomic E-state index is 0.0812. The zero-order valence-electron chi connectivity index (χ0n) is 11.6. The van der Waals surface area contributed by atoms with E-state index < -0.39 is 10.0 Å². The predicted molar refractivity (Wildman–Crippen MR) is 80.3 cm³/mol. The predicted octanol–water partition coefficient (Wildman–Crippen LogP) is 1.28. The Morgan fingerprint density at radius 3 is 2.60 bits per heavy atom. The van der Waals surface area contributed by atoms with Crippen molar-refractivity contribution in [3.05, 3.63) is 34.9 Å². The van der Waals surface area contributed by atoms with Crippen molar-refractivity contribution >= 4 is 27.5 Å². The standard InChI is InChI=1S/C13H19ClN2O3S/c1-11(17)16(9-7-15-20(2,18)19)8-6-12-4-3-5-13(14)10-12/h3-5,10,15H,6-9H2,1-2H3. The molecule has 0 bridgehead atoms. The van der Waals surface area contributed by atoms with Crippen LogP contribution < -0.4 is 4.72 Å². The molecule has 1 N–H and O–H groups in total. The van der Waals surface area contributed by atoms with Gasteiger partial charge in [0.2, 0.25) is 15.9 Å². The lowest BCUT2D eigenvalue weighted by molar-refractivity contribution is -0.128. The number of nitrogens with zero attached hydrogens (tertiary/aromatic N) is 1.